The minimum atomic E-state index is -0.0770. The smallest absolute Gasteiger partial charge is 0.256 e. The highest BCUT2D eigenvalue weighted by Gasteiger charge is 2.26. The Labute approximate surface area is 159 Å². The number of rotatable bonds is 3. The molecular weight excluding hydrogens is 336 g/mol. The van der Waals surface area contributed by atoms with Crippen molar-refractivity contribution in [2.75, 3.05) is 13.1 Å². The van der Waals surface area contributed by atoms with Gasteiger partial charge in [-0.2, -0.15) is 0 Å². The van der Waals surface area contributed by atoms with Gasteiger partial charge in [-0.1, -0.05) is 48.5 Å². The topological polar surface area (TPSA) is 42.3 Å². The molecule has 1 amide bonds. The Kier molecular flexibility index (Phi) is 4.80. The highest BCUT2D eigenvalue weighted by molar-refractivity contribution is 6.09. The SMILES string of the molecule is CC(=O)n1cc(C(=O)N2CCC(Cc3ccccc3)CC2)c2ccccc21. The fourth-order valence-corrected chi connectivity index (χ4v) is 4.07. The van der Waals surface area contributed by atoms with Crippen LogP contribution in [0.4, 0.5) is 0 Å². The normalized spacial score (nSPS) is 15.2. The molecule has 138 valence electrons. The van der Waals surface area contributed by atoms with Crippen LogP contribution >= 0.6 is 0 Å². The molecule has 0 saturated carbocycles. The van der Waals surface area contributed by atoms with Crippen molar-refractivity contribution in [3.8, 4) is 0 Å². The van der Waals surface area contributed by atoms with Crippen LogP contribution in [0.25, 0.3) is 10.9 Å². The molecule has 0 unspecified atom stereocenters. The molecule has 0 N–H and O–H groups in total. The van der Waals surface area contributed by atoms with Crippen molar-refractivity contribution in [3.05, 3.63) is 71.9 Å². The number of carbonyl (C=O) groups is 2. The van der Waals surface area contributed by atoms with Crippen LogP contribution in [0.1, 0.15) is 40.5 Å². The minimum Gasteiger partial charge on any atom is -0.339 e. The van der Waals surface area contributed by atoms with Crippen LogP contribution in [0.5, 0.6) is 0 Å². The van der Waals surface area contributed by atoms with Gasteiger partial charge in [-0.25, -0.2) is 0 Å². The van der Waals surface area contributed by atoms with Gasteiger partial charge in [-0.3, -0.25) is 14.2 Å². The lowest BCUT2D eigenvalue weighted by Gasteiger charge is -2.32. The quantitative estimate of drug-likeness (QED) is 0.695. The Morgan fingerprint density at radius 1 is 0.963 bits per heavy atom. The lowest BCUT2D eigenvalue weighted by atomic mass is 9.90. The first-order valence-electron chi connectivity index (χ1n) is 9.57. The van der Waals surface area contributed by atoms with Crippen LogP contribution in [-0.2, 0) is 6.42 Å². The molecule has 1 aliphatic rings. The number of carbonyl (C=O) groups excluding carboxylic acids is 2. The van der Waals surface area contributed by atoms with Gasteiger partial charge in [0.25, 0.3) is 5.91 Å². The lowest BCUT2D eigenvalue weighted by molar-refractivity contribution is 0.0692. The maximum atomic E-state index is 13.1. The van der Waals surface area contributed by atoms with E-state index in [2.05, 4.69) is 24.3 Å². The van der Waals surface area contributed by atoms with E-state index in [9.17, 15) is 9.59 Å². The predicted molar refractivity (Wildman–Crippen MR) is 107 cm³/mol. The predicted octanol–water partition coefficient (Wildman–Crippen LogP) is 4.40. The summed E-state index contributed by atoms with van der Waals surface area (Å²) >= 11 is 0. The van der Waals surface area contributed by atoms with Crippen LogP contribution in [0.3, 0.4) is 0 Å². The Balaban J connectivity index is 1.48. The van der Waals surface area contributed by atoms with E-state index < -0.39 is 0 Å². The molecule has 1 saturated heterocycles. The molecule has 0 spiro atoms. The number of aromatic nitrogens is 1. The third-order valence-corrected chi connectivity index (χ3v) is 5.55. The summed E-state index contributed by atoms with van der Waals surface area (Å²) in [4.78, 5) is 27.0. The summed E-state index contributed by atoms with van der Waals surface area (Å²) < 4.78 is 1.57. The number of amides is 1. The monoisotopic (exact) mass is 360 g/mol. The molecule has 1 aromatic heterocycles. The Hall–Kier alpha value is -2.88. The maximum absolute atomic E-state index is 13.1. The van der Waals surface area contributed by atoms with Crippen LogP contribution < -0.4 is 0 Å². The van der Waals surface area contributed by atoms with E-state index in [0.29, 0.717) is 11.5 Å². The zero-order chi connectivity index (χ0) is 18.8. The number of fused-ring (bicyclic) bond motifs is 1. The molecule has 2 aromatic carbocycles. The van der Waals surface area contributed by atoms with Crippen molar-refractivity contribution < 1.29 is 9.59 Å². The third-order valence-electron chi connectivity index (χ3n) is 5.55. The number of benzene rings is 2. The van der Waals surface area contributed by atoms with Gasteiger partial charge in [0, 0.05) is 31.6 Å². The molecule has 0 atom stereocenters. The fraction of sp³-hybridized carbons (Fsp3) is 0.304. The van der Waals surface area contributed by atoms with Crippen molar-refractivity contribution in [1.29, 1.82) is 0 Å². The standard InChI is InChI=1S/C23H24N2O2/c1-17(26)25-16-21(20-9-5-6-10-22(20)25)23(27)24-13-11-19(12-14-24)15-18-7-3-2-4-8-18/h2-10,16,19H,11-15H2,1H3. The van der Waals surface area contributed by atoms with Gasteiger partial charge in [0.2, 0.25) is 5.91 Å². The maximum Gasteiger partial charge on any atom is 0.256 e. The number of para-hydroxylation sites is 1. The van der Waals surface area contributed by atoms with Crippen LogP contribution in [-0.4, -0.2) is 34.4 Å². The van der Waals surface area contributed by atoms with Crippen LogP contribution in [0, 0.1) is 5.92 Å². The van der Waals surface area contributed by atoms with E-state index in [-0.39, 0.29) is 11.8 Å². The number of likely N-dealkylation sites (tertiary alicyclic amines) is 1. The molecule has 1 fully saturated rings. The van der Waals surface area contributed by atoms with Crippen LogP contribution in [0.2, 0.25) is 0 Å². The molecular formula is C23H24N2O2. The molecule has 3 aromatic rings. The largest absolute Gasteiger partial charge is 0.339 e. The average molecular weight is 360 g/mol. The molecule has 0 aliphatic carbocycles. The van der Waals surface area contributed by atoms with E-state index in [1.807, 2.05) is 35.2 Å². The highest BCUT2D eigenvalue weighted by Crippen LogP contribution is 2.26. The number of hydrogen-bond donors (Lipinski definition) is 0. The summed E-state index contributed by atoms with van der Waals surface area (Å²) in [6.45, 7) is 3.07. The first-order valence-corrected chi connectivity index (χ1v) is 9.57. The summed E-state index contributed by atoms with van der Waals surface area (Å²) in [5, 5.41) is 0.851. The van der Waals surface area contributed by atoms with E-state index >= 15 is 0 Å². The minimum absolute atomic E-state index is 0.0318. The second-order valence-electron chi connectivity index (χ2n) is 7.37. The molecule has 4 rings (SSSR count). The average Bonchev–Trinajstić information content (AvgIpc) is 3.09. The zero-order valence-corrected chi connectivity index (χ0v) is 15.6. The van der Waals surface area contributed by atoms with E-state index in [4.69, 9.17) is 0 Å². The van der Waals surface area contributed by atoms with Crippen molar-refractivity contribution in [2.24, 2.45) is 5.92 Å². The molecule has 27 heavy (non-hydrogen) atoms. The molecule has 0 radical (unpaired) electrons. The highest BCUT2D eigenvalue weighted by atomic mass is 16.2. The van der Waals surface area contributed by atoms with Gasteiger partial charge < -0.3 is 4.90 Å². The summed E-state index contributed by atoms with van der Waals surface area (Å²) in [5.74, 6) is 0.575. The van der Waals surface area contributed by atoms with Gasteiger partial charge in [0.15, 0.2) is 0 Å². The van der Waals surface area contributed by atoms with Crippen molar-refractivity contribution in [1.82, 2.24) is 9.47 Å². The Morgan fingerprint density at radius 3 is 2.33 bits per heavy atom. The van der Waals surface area contributed by atoms with Crippen LogP contribution in [0.15, 0.2) is 60.8 Å². The Bertz CT molecular complexity index is 966. The molecule has 4 heteroatoms. The van der Waals surface area contributed by atoms with E-state index in [1.165, 1.54) is 12.5 Å². The first-order chi connectivity index (χ1) is 13.1. The summed E-state index contributed by atoms with van der Waals surface area (Å²) in [7, 11) is 0. The van der Waals surface area contributed by atoms with Gasteiger partial charge in [-0.15, -0.1) is 0 Å². The van der Waals surface area contributed by atoms with Gasteiger partial charge in [-0.05, 0) is 36.8 Å². The van der Waals surface area contributed by atoms with E-state index in [1.54, 1.807) is 10.8 Å². The van der Waals surface area contributed by atoms with Crippen molar-refractivity contribution in [3.63, 3.8) is 0 Å². The van der Waals surface area contributed by atoms with Gasteiger partial charge in [0.1, 0.15) is 0 Å². The lowest BCUT2D eigenvalue weighted by Crippen LogP contribution is -2.38. The molecule has 2 heterocycles. The molecule has 0 bridgehead atoms. The van der Waals surface area contributed by atoms with Crippen molar-refractivity contribution >= 4 is 22.7 Å². The second kappa shape index (κ2) is 7.39. The first kappa shape index (κ1) is 17.5. The van der Waals surface area contributed by atoms with E-state index in [0.717, 1.165) is 43.3 Å². The summed E-state index contributed by atoms with van der Waals surface area (Å²) in [6, 6.07) is 18.2. The van der Waals surface area contributed by atoms with Crippen molar-refractivity contribution in [2.45, 2.75) is 26.2 Å². The fourth-order valence-electron chi connectivity index (χ4n) is 4.07. The second-order valence-corrected chi connectivity index (χ2v) is 7.37. The van der Waals surface area contributed by atoms with Gasteiger partial charge >= 0.3 is 0 Å². The summed E-state index contributed by atoms with van der Waals surface area (Å²) in [6.07, 6.45) is 4.82. The molecule has 4 nitrogen and oxygen atoms in total. The summed E-state index contributed by atoms with van der Waals surface area (Å²) in [5.41, 5.74) is 2.79. The number of nitrogens with zero attached hydrogens (tertiary/aromatic N) is 2. The molecule has 1 aliphatic heterocycles. The van der Waals surface area contributed by atoms with Gasteiger partial charge in [0.05, 0.1) is 11.1 Å². The Morgan fingerprint density at radius 2 is 1.63 bits per heavy atom. The number of piperidine rings is 1. The third kappa shape index (κ3) is 3.52. The zero-order valence-electron chi connectivity index (χ0n) is 15.6. The number of hydrogen-bond acceptors (Lipinski definition) is 2.